The highest BCUT2D eigenvalue weighted by Crippen LogP contribution is 2.19. The summed E-state index contributed by atoms with van der Waals surface area (Å²) in [5.74, 6) is -1.21. The van der Waals surface area contributed by atoms with Crippen LogP contribution in [0.25, 0.3) is 10.8 Å². The molecule has 5 heteroatoms. The van der Waals surface area contributed by atoms with Crippen LogP contribution < -0.4 is 5.73 Å². The van der Waals surface area contributed by atoms with Crippen LogP contribution in [0.2, 0.25) is 0 Å². The van der Waals surface area contributed by atoms with Gasteiger partial charge >= 0.3 is 5.97 Å². The minimum atomic E-state index is -0.775. The number of amides is 1. The van der Waals surface area contributed by atoms with E-state index < -0.39 is 12.0 Å². The molecule has 3 N–H and O–H groups in total. The zero-order valence-electron chi connectivity index (χ0n) is 13.5. The molecule has 0 aromatic heterocycles. The topological polar surface area (TPSA) is 83.6 Å². The molecular weight excluding hydrogens is 304 g/mol. The number of rotatable bonds is 4. The molecular formula is C19H22N2O3. The Hall–Kier alpha value is -2.40. The molecule has 2 aromatic rings. The summed E-state index contributed by atoms with van der Waals surface area (Å²) in [6.45, 7) is 0.947. The monoisotopic (exact) mass is 326 g/mol. The average Bonchev–Trinajstić information content (AvgIpc) is 2.61. The van der Waals surface area contributed by atoms with Crippen LogP contribution in [0.1, 0.15) is 18.4 Å². The molecule has 1 saturated heterocycles. The van der Waals surface area contributed by atoms with E-state index in [0.29, 0.717) is 32.4 Å². The molecule has 0 unspecified atom stereocenters. The van der Waals surface area contributed by atoms with Gasteiger partial charge in [0, 0.05) is 13.1 Å². The second-order valence-electron chi connectivity index (χ2n) is 6.43. The van der Waals surface area contributed by atoms with Crippen molar-refractivity contribution in [1.29, 1.82) is 0 Å². The predicted octanol–water partition coefficient (Wildman–Crippen LogP) is 2.03. The van der Waals surface area contributed by atoms with Crippen LogP contribution in [-0.4, -0.2) is 41.0 Å². The minimum Gasteiger partial charge on any atom is -0.481 e. The quantitative estimate of drug-likeness (QED) is 0.900. The molecule has 126 valence electrons. The maximum atomic E-state index is 12.5. The van der Waals surface area contributed by atoms with Gasteiger partial charge in [-0.3, -0.25) is 9.59 Å². The van der Waals surface area contributed by atoms with E-state index in [1.54, 1.807) is 4.90 Å². The fourth-order valence-corrected chi connectivity index (χ4v) is 3.29. The summed E-state index contributed by atoms with van der Waals surface area (Å²) in [6.07, 6.45) is 1.50. The molecule has 0 spiro atoms. The number of nitrogens with two attached hydrogens (primary N) is 1. The van der Waals surface area contributed by atoms with Gasteiger partial charge in [-0.25, -0.2) is 0 Å². The van der Waals surface area contributed by atoms with Crippen LogP contribution >= 0.6 is 0 Å². The largest absolute Gasteiger partial charge is 0.481 e. The van der Waals surface area contributed by atoms with E-state index in [4.69, 9.17) is 10.8 Å². The fraction of sp³-hybridized carbons (Fsp3) is 0.368. The van der Waals surface area contributed by atoms with E-state index in [1.165, 1.54) is 0 Å². The molecule has 0 bridgehead atoms. The second-order valence-corrected chi connectivity index (χ2v) is 6.43. The van der Waals surface area contributed by atoms with Crippen molar-refractivity contribution in [3.63, 3.8) is 0 Å². The molecule has 3 rings (SSSR count). The maximum absolute atomic E-state index is 12.5. The lowest BCUT2D eigenvalue weighted by molar-refractivity contribution is -0.146. The van der Waals surface area contributed by atoms with Crippen molar-refractivity contribution >= 4 is 22.6 Å². The summed E-state index contributed by atoms with van der Waals surface area (Å²) in [6, 6.07) is 13.6. The Morgan fingerprint density at radius 1 is 1.12 bits per heavy atom. The molecule has 1 amide bonds. The van der Waals surface area contributed by atoms with Crippen molar-refractivity contribution < 1.29 is 14.7 Å². The van der Waals surface area contributed by atoms with Gasteiger partial charge in [-0.15, -0.1) is 0 Å². The zero-order chi connectivity index (χ0) is 17.1. The van der Waals surface area contributed by atoms with Crippen LogP contribution in [0.4, 0.5) is 0 Å². The lowest BCUT2D eigenvalue weighted by Crippen LogP contribution is -2.48. The lowest BCUT2D eigenvalue weighted by atomic mass is 9.96. The third-order valence-corrected chi connectivity index (χ3v) is 4.74. The van der Waals surface area contributed by atoms with Gasteiger partial charge < -0.3 is 15.7 Å². The first-order valence-electron chi connectivity index (χ1n) is 8.29. The number of carboxylic acid groups (broad SMARTS) is 1. The molecule has 1 fully saturated rings. The van der Waals surface area contributed by atoms with Crippen LogP contribution in [0.15, 0.2) is 42.5 Å². The molecule has 1 aliphatic rings. The van der Waals surface area contributed by atoms with Gasteiger partial charge in [-0.2, -0.15) is 0 Å². The molecule has 2 aromatic carbocycles. The standard InChI is InChI=1S/C19H22N2O3/c20-17(18(22)21-9-7-15(8-10-21)19(23)24)12-13-5-6-14-3-1-2-4-16(14)11-13/h1-6,11,15,17H,7-10,12,20H2,(H,23,24)/t17-/m0/s1. The number of hydrogen-bond acceptors (Lipinski definition) is 3. The van der Waals surface area contributed by atoms with Gasteiger partial charge in [0.25, 0.3) is 0 Å². The van der Waals surface area contributed by atoms with E-state index >= 15 is 0 Å². The first kappa shape index (κ1) is 16.5. The summed E-state index contributed by atoms with van der Waals surface area (Å²) in [5.41, 5.74) is 7.15. The van der Waals surface area contributed by atoms with Crippen LogP contribution in [-0.2, 0) is 16.0 Å². The molecule has 5 nitrogen and oxygen atoms in total. The first-order valence-corrected chi connectivity index (χ1v) is 8.29. The minimum absolute atomic E-state index is 0.0907. The van der Waals surface area contributed by atoms with Crippen LogP contribution in [0, 0.1) is 5.92 Å². The van der Waals surface area contributed by atoms with E-state index in [9.17, 15) is 9.59 Å². The Kier molecular flexibility index (Phi) is 4.81. The predicted molar refractivity (Wildman–Crippen MR) is 92.6 cm³/mol. The highest BCUT2D eigenvalue weighted by atomic mass is 16.4. The number of fused-ring (bicyclic) bond motifs is 1. The van der Waals surface area contributed by atoms with Crippen LogP contribution in [0.3, 0.4) is 0 Å². The van der Waals surface area contributed by atoms with Gasteiger partial charge in [0.05, 0.1) is 12.0 Å². The van der Waals surface area contributed by atoms with Gasteiger partial charge in [0.15, 0.2) is 0 Å². The van der Waals surface area contributed by atoms with E-state index in [1.807, 2.05) is 30.3 Å². The SMILES string of the molecule is N[C@@H](Cc1ccc2ccccc2c1)C(=O)N1CCC(C(=O)O)CC1. The Morgan fingerprint density at radius 2 is 1.79 bits per heavy atom. The number of nitrogens with zero attached hydrogens (tertiary/aromatic N) is 1. The average molecular weight is 326 g/mol. The molecule has 24 heavy (non-hydrogen) atoms. The number of piperidine rings is 1. The van der Waals surface area contributed by atoms with Gasteiger partial charge in [-0.1, -0.05) is 42.5 Å². The van der Waals surface area contributed by atoms with Crippen molar-refractivity contribution in [3.05, 3.63) is 48.0 Å². The van der Waals surface area contributed by atoms with Crippen molar-refractivity contribution in [1.82, 2.24) is 4.90 Å². The normalized spacial score (nSPS) is 17.0. The molecule has 1 heterocycles. The maximum Gasteiger partial charge on any atom is 0.306 e. The molecule has 0 radical (unpaired) electrons. The fourth-order valence-electron chi connectivity index (χ4n) is 3.29. The smallest absolute Gasteiger partial charge is 0.306 e. The van der Waals surface area contributed by atoms with Crippen molar-refractivity contribution in [2.75, 3.05) is 13.1 Å². The number of aliphatic carboxylic acids is 1. The van der Waals surface area contributed by atoms with Crippen molar-refractivity contribution in [3.8, 4) is 0 Å². The number of carboxylic acids is 1. The molecule has 0 saturated carbocycles. The number of likely N-dealkylation sites (tertiary alicyclic amines) is 1. The first-order chi connectivity index (χ1) is 11.5. The van der Waals surface area contributed by atoms with Gasteiger partial charge in [-0.05, 0) is 35.6 Å². The highest BCUT2D eigenvalue weighted by Gasteiger charge is 2.29. The van der Waals surface area contributed by atoms with E-state index in [-0.39, 0.29) is 11.8 Å². The van der Waals surface area contributed by atoms with Gasteiger partial charge in [0.1, 0.15) is 0 Å². The molecule has 1 atom stereocenters. The number of carbonyl (C=O) groups is 2. The van der Waals surface area contributed by atoms with E-state index in [0.717, 1.165) is 16.3 Å². The summed E-state index contributed by atoms with van der Waals surface area (Å²) in [4.78, 5) is 25.2. The van der Waals surface area contributed by atoms with E-state index in [2.05, 4.69) is 12.1 Å². The van der Waals surface area contributed by atoms with Crippen LogP contribution in [0.5, 0.6) is 0 Å². The third-order valence-electron chi connectivity index (χ3n) is 4.74. The van der Waals surface area contributed by atoms with Gasteiger partial charge in [0.2, 0.25) is 5.91 Å². The second kappa shape index (κ2) is 7.01. The summed E-state index contributed by atoms with van der Waals surface area (Å²) >= 11 is 0. The third kappa shape index (κ3) is 3.57. The number of benzene rings is 2. The van der Waals surface area contributed by atoms with Crippen molar-refractivity contribution in [2.45, 2.75) is 25.3 Å². The molecule has 1 aliphatic heterocycles. The summed E-state index contributed by atoms with van der Waals surface area (Å²) in [5, 5.41) is 11.3. The lowest BCUT2D eigenvalue weighted by Gasteiger charge is -2.32. The molecule has 0 aliphatic carbocycles. The Bertz CT molecular complexity index is 751. The summed E-state index contributed by atoms with van der Waals surface area (Å²) in [7, 11) is 0. The Labute approximate surface area is 141 Å². The number of hydrogen-bond donors (Lipinski definition) is 2. The zero-order valence-corrected chi connectivity index (χ0v) is 13.5. The highest BCUT2D eigenvalue weighted by molar-refractivity contribution is 5.84. The summed E-state index contributed by atoms with van der Waals surface area (Å²) < 4.78 is 0. The Morgan fingerprint density at radius 3 is 2.46 bits per heavy atom. The Balaban J connectivity index is 1.62. The van der Waals surface area contributed by atoms with Crippen molar-refractivity contribution in [2.24, 2.45) is 11.7 Å². The number of carbonyl (C=O) groups excluding carboxylic acids is 1.